The van der Waals surface area contributed by atoms with E-state index in [0.717, 1.165) is 13.1 Å². The number of rotatable bonds is 5. The molecule has 0 amide bonds. The number of hydrogen-bond donors (Lipinski definition) is 1. The van der Waals surface area contributed by atoms with Crippen molar-refractivity contribution in [2.24, 2.45) is 0 Å². The van der Waals surface area contributed by atoms with Gasteiger partial charge in [0, 0.05) is 19.6 Å². The molecule has 1 aliphatic rings. The van der Waals surface area contributed by atoms with Crippen molar-refractivity contribution < 1.29 is 22.5 Å². The molecule has 1 unspecified atom stereocenters. The van der Waals surface area contributed by atoms with E-state index in [4.69, 9.17) is 9.29 Å². The van der Waals surface area contributed by atoms with E-state index in [0.29, 0.717) is 19.8 Å². The van der Waals surface area contributed by atoms with Crippen LogP contribution in [0.4, 0.5) is 0 Å². The molecule has 1 fully saturated rings. The van der Waals surface area contributed by atoms with Crippen LogP contribution in [0.25, 0.3) is 0 Å². The highest BCUT2D eigenvalue weighted by atomic mass is 32.2. The van der Waals surface area contributed by atoms with Crippen LogP contribution in [0.1, 0.15) is 6.42 Å². The second kappa shape index (κ2) is 5.55. The minimum absolute atomic E-state index is 0.127. The SMILES string of the molecule is O=CC(CCN1CCOCC1)S(=O)(=O)O. The molecule has 0 aromatic carbocycles. The summed E-state index contributed by atoms with van der Waals surface area (Å²) in [6.07, 6.45) is 0.401. The third-order valence-electron chi connectivity index (χ3n) is 2.37. The highest BCUT2D eigenvalue weighted by molar-refractivity contribution is 7.87. The van der Waals surface area contributed by atoms with Crippen molar-refractivity contribution in [1.29, 1.82) is 0 Å². The van der Waals surface area contributed by atoms with Crippen LogP contribution in [-0.4, -0.2) is 62.3 Å². The summed E-state index contributed by atoms with van der Waals surface area (Å²) in [7, 11) is -4.24. The average Bonchev–Trinajstić information content (AvgIpc) is 2.18. The van der Waals surface area contributed by atoms with Gasteiger partial charge in [0.25, 0.3) is 10.1 Å². The van der Waals surface area contributed by atoms with Crippen LogP contribution < -0.4 is 0 Å². The van der Waals surface area contributed by atoms with Gasteiger partial charge in [0.2, 0.25) is 0 Å². The maximum Gasteiger partial charge on any atom is 0.274 e. The molecule has 6 nitrogen and oxygen atoms in total. The van der Waals surface area contributed by atoms with Gasteiger partial charge in [-0.05, 0) is 6.42 Å². The normalized spacial score (nSPS) is 21.1. The van der Waals surface area contributed by atoms with E-state index in [2.05, 4.69) is 0 Å². The average molecular weight is 237 g/mol. The Hall–Kier alpha value is -0.500. The zero-order valence-electron chi connectivity index (χ0n) is 8.33. The summed E-state index contributed by atoms with van der Waals surface area (Å²) in [5, 5.41) is -1.31. The van der Waals surface area contributed by atoms with Crippen LogP contribution in [0.15, 0.2) is 0 Å². The third kappa shape index (κ3) is 4.25. The van der Waals surface area contributed by atoms with Crippen molar-refractivity contribution in [3.8, 4) is 0 Å². The molecular weight excluding hydrogens is 222 g/mol. The molecular formula is C8H15NO5S. The molecule has 1 heterocycles. The summed E-state index contributed by atoms with van der Waals surface area (Å²) in [5.41, 5.74) is 0. The van der Waals surface area contributed by atoms with Gasteiger partial charge in [-0.3, -0.25) is 9.45 Å². The van der Waals surface area contributed by atoms with E-state index >= 15 is 0 Å². The van der Waals surface area contributed by atoms with Crippen LogP contribution in [-0.2, 0) is 19.6 Å². The number of ether oxygens (including phenoxy) is 1. The summed E-state index contributed by atoms with van der Waals surface area (Å²) >= 11 is 0. The Morgan fingerprint density at radius 2 is 2.00 bits per heavy atom. The largest absolute Gasteiger partial charge is 0.379 e. The predicted molar refractivity (Wildman–Crippen MR) is 53.3 cm³/mol. The lowest BCUT2D eigenvalue weighted by Gasteiger charge is -2.26. The van der Waals surface area contributed by atoms with Crippen molar-refractivity contribution >= 4 is 16.4 Å². The fraction of sp³-hybridized carbons (Fsp3) is 0.875. The number of hydrogen-bond acceptors (Lipinski definition) is 5. The molecule has 15 heavy (non-hydrogen) atoms. The minimum atomic E-state index is -4.24. The van der Waals surface area contributed by atoms with Crippen molar-refractivity contribution in [2.45, 2.75) is 11.7 Å². The van der Waals surface area contributed by atoms with Crippen molar-refractivity contribution in [2.75, 3.05) is 32.8 Å². The maximum atomic E-state index is 10.7. The van der Waals surface area contributed by atoms with E-state index < -0.39 is 15.4 Å². The van der Waals surface area contributed by atoms with Gasteiger partial charge >= 0.3 is 0 Å². The Bertz CT molecular complexity index is 296. The first-order chi connectivity index (χ1) is 7.04. The monoisotopic (exact) mass is 237 g/mol. The summed E-state index contributed by atoms with van der Waals surface area (Å²) in [5.74, 6) is 0. The number of aldehydes is 1. The molecule has 0 radical (unpaired) electrons. The third-order valence-corrected chi connectivity index (χ3v) is 3.48. The Morgan fingerprint density at radius 3 is 2.47 bits per heavy atom. The number of morpholine rings is 1. The summed E-state index contributed by atoms with van der Waals surface area (Å²) in [4.78, 5) is 12.4. The van der Waals surface area contributed by atoms with Gasteiger partial charge in [0.15, 0.2) is 0 Å². The van der Waals surface area contributed by atoms with Gasteiger partial charge in [-0.2, -0.15) is 8.42 Å². The van der Waals surface area contributed by atoms with E-state index in [-0.39, 0.29) is 12.7 Å². The Labute approximate surface area is 89.0 Å². The molecule has 0 spiro atoms. The second-order valence-corrected chi connectivity index (χ2v) is 5.07. The Morgan fingerprint density at radius 1 is 1.40 bits per heavy atom. The number of nitrogens with zero attached hydrogens (tertiary/aromatic N) is 1. The van der Waals surface area contributed by atoms with Crippen molar-refractivity contribution in [1.82, 2.24) is 4.90 Å². The molecule has 0 aromatic rings. The highest BCUT2D eigenvalue weighted by Gasteiger charge is 2.23. The lowest BCUT2D eigenvalue weighted by atomic mass is 10.3. The van der Waals surface area contributed by atoms with Crippen LogP contribution in [0.2, 0.25) is 0 Å². The zero-order chi connectivity index (χ0) is 11.3. The van der Waals surface area contributed by atoms with Crippen molar-refractivity contribution in [3.63, 3.8) is 0 Å². The molecule has 0 aromatic heterocycles. The molecule has 88 valence electrons. The number of carbonyl (C=O) groups excluding carboxylic acids is 1. The number of carbonyl (C=O) groups is 1. The van der Waals surface area contributed by atoms with Crippen molar-refractivity contribution in [3.05, 3.63) is 0 Å². The van der Waals surface area contributed by atoms with Gasteiger partial charge in [0.1, 0.15) is 11.5 Å². The Balaban J connectivity index is 2.37. The van der Waals surface area contributed by atoms with E-state index in [1.165, 1.54) is 0 Å². The second-order valence-electron chi connectivity index (χ2n) is 3.43. The molecule has 1 rings (SSSR count). The zero-order valence-corrected chi connectivity index (χ0v) is 9.15. The molecule has 0 bridgehead atoms. The predicted octanol–water partition coefficient (Wildman–Crippen LogP) is -0.836. The first-order valence-electron chi connectivity index (χ1n) is 4.75. The molecule has 7 heteroatoms. The van der Waals surface area contributed by atoms with Gasteiger partial charge in [-0.25, -0.2) is 0 Å². The molecule has 1 aliphatic heterocycles. The standard InChI is InChI=1S/C8H15NO5S/c10-7-8(15(11,12)13)1-2-9-3-5-14-6-4-9/h7-8H,1-6H2,(H,11,12,13). The lowest BCUT2D eigenvalue weighted by molar-refractivity contribution is -0.107. The summed E-state index contributed by atoms with van der Waals surface area (Å²) in [6, 6.07) is 0. The highest BCUT2D eigenvalue weighted by Crippen LogP contribution is 2.05. The fourth-order valence-electron chi connectivity index (χ4n) is 1.42. The minimum Gasteiger partial charge on any atom is -0.379 e. The molecule has 0 saturated carbocycles. The van der Waals surface area contributed by atoms with Crippen LogP contribution >= 0.6 is 0 Å². The molecule has 0 aliphatic carbocycles. The Kier molecular flexibility index (Phi) is 4.65. The first kappa shape index (κ1) is 12.6. The topological polar surface area (TPSA) is 83.9 Å². The smallest absolute Gasteiger partial charge is 0.274 e. The van der Waals surface area contributed by atoms with Gasteiger partial charge < -0.3 is 9.53 Å². The van der Waals surface area contributed by atoms with Crippen LogP contribution in [0.3, 0.4) is 0 Å². The lowest BCUT2D eigenvalue weighted by Crippen LogP contribution is -2.39. The van der Waals surface area contributed by atoms with E-state index in [1.54, 1.807) is 0 Å². The van der Waals surface area contributed by atoms with Gasteiger partial charge in [-0.15, -0.1) is 0 Å². The molecule has 1 atom stereocenters. The van der Waals surface area contributed by atoms with Gasteiger partial charge in [-0.1, -0.05) is 0 Å². The van der Waals surface area contributed by atoms with Crippen LogP contribution in [0.5, 0.6) is 0 Å². The molecule has 1 saturated heterocycles. The first-order valence-corrected chi connectivity index (χ1v) is 6.26. The van der Waals surface area contributed by atoms with Crippen LogP contribution in [0, 0.1) is 0 Å². The van der Waals surface area contributed by atoms with E-state index in [1.807, 2.05) is 4.90 Å². The fourth-order valence-corrected chi connectivity index (χ4v) is 1.97. The molecule has 1 N–H and O–H groups in total. The van der Waals surface area contributed by atoms with E-state index in [9.17, 15) is 13.2 Å². The summed E-state index contributed by atoms with van der Waals surface area (Å²) in [6.45, 7) is 3.19. The van der Waals surface area contributed by atoms with Gasteiger partial charge in [0.05, 0.1) is 13.2 Å². The summed E-state index contributed by atoms with van der Waals surface area (Å²) < 4.78 is 35.3. The quantitative estimate of drug-likeness (QED) is 0.496. The maximum absolute atomic E-state index is 10.7.